The van der Waals surface area contributed by atoms with E-state index in [1.54, 1.807) is 0 Å². The summed E-state index contributed by atoms with van der Waals surface area (Å²) < 4.78 is 6.00. The second-order valence-electron chi connectivity index (χ2n) is 6.52. The molecule has 1 heterocycles. The third kappa shape index (κ3) is 5.64. The van der Waals surface area contributed by atoms with Crippen LogP contribution in [0, 0.1) is 12.8 Å². The maximum absolute atomic E-state index is 6.00. The Hall–Kier alpha value is -1.13. The molecule has 4 heteroatoms. The summed E-state index contributed by atoms with van der Waals surface area (Å²) in [5, 5.41) is 3.46. The number of rotatable bonds is 9. The first kappa shape index (κ1) is 16.2. The first-order valence-electron chi connectivity index (χ1n) is 8.05. The summed E-state index contributed by atoms with van der Waals surface area (Å²) in [5.74, 6) is 1.63. The third-order valence-corrected chi connectivity index (χ3v) is 3.82. The molecular weight excluding hydrogens is 262 g/mol. The largest absolute Gasteiger partial charge is 0.492 e. The van der Waals surface area contributed by atoms with Crippen LogP contribution in [0.3, 0.4) is 0 Å². The number of likely N-dealkylation sites (N-methyl/N-ethyl adjacent to an activating group) is 1. The highest BCUT2D eigenvalue weighted by molar-refractivity contribution is 5.32. The molecule has 0 spiro atoms. The fraction of sp³-hybridized carbons (Fsp3) is 0.706. The van der Waals surface area contributed by atoms with Gasteiger partial charge in [-0.25, -0.2) is 0 Å². The van der Waals surface area contributed by atoms with E-state index in [1.807, 2.05) is 19.2 Å². The van der Waals surface area contributed by atoms with Crippen molar-refractivity contribution in [2.24, 2.45) is 5.92 Å². The van der Waals surface area contributed by atoms with Crippen LogP contribution in [0.5, 0.6) is 5.75 Å². The molecule has 0 bridgehead atoms. The summed E-state index contributed by atoms with van der Waals surface area (Å²) in [6, 6.07) is 2.84. The molecule has 0 amide bonds. The number of aryl methyl sites for hydroxylation is 1. The maximum atomic E-state index is 6.00. The predicted octanol–water partition coefficient (Wildman–Crippen LogP) is 2.61. The van der Waals surface area contributed by atoms with Crippen molar-refractivity contribution in [1.29, 1.82) is 0 Å². The quantitative estimate of drug-likeness (QED) is 0.759. The second kappa shape index (κ2) is 7.76. The molecule has 118 valence electrons. The highest BCUT2D eigenvalue weighted by atomic mass is 16.5. The van der Waals surface area contributed by atoms with Crippen molar-refractivity contribution in [2.75, 3.05) is 26.7 Å². The Labute approximate surface area is 128 Å². The van der Waals surface area contributed by atoms with Crippen molar-refractivity contribution >= 4 is 0 Å². The zero-order valence-electron chi connectivity index (χ0n) is 13.9. The summed E-state index contributed by atoms with van der Waals surface area (Å²) in [4.78, 5) is 6.78. The molecule has 4 nitrogen and oxygen atoms in total. The van der Waals surface area contributed by atoms with Crippen molar-refractivity contribution in [1.82, 2.24) is 15.2 Å². The van der Waals surface area contributed by atoms with Crippen LogP contribution in [0.25, 0.3) is 0 Å². The van der Waals surface area contributed by atoms with Crippen LogP contribution in [-0.2, 0) is 6.54 Å². The first-order chi connectivity index (χ1) is 10.1. The lowest BCUT2D eigenvalue weighted by Gasteiger charge is -2.17. The van der Waals surface area contributed by atoms with Crippen LogP contribution in [0.1, 0.15) is 37.9 Å². The van der Waals surface area contributed by atoms with Gasteiger partial charge in [0.2, 0.25) is 0 Å². The maximum Gasteiger partial charge on any atom is 0.127 e. The second-order valence-corrected chi connectivity index (χ2v) is 6.52. The standard InChI is InChI=1S/C17H29N3O/c1-13(2)10-18-11-15-12-19-14(3)9-17(15)21-8-7-20(4)16-5-6-16/h9,12-13,16,18H,5-8,10-11H2,1-4H3. The molecule has 1 aromatic heterocycles. The molecule has 0 radical (unpaired) electrons. The Bertz CT molecular complexity index is 444. The first-order valence-corrected chi connectivity index (χ1v) is 8.05. The Kier molecular flexibility index (Phi) is 6.00. The van der Waals surface area contributed by atoms with Crippen molar-refractivity contribution in [2.45, 2.75) is 46.2 Å². The van der Waals surface area contributed by atoms with Gasteiger partial charge in [0.05, 0.1) is 0 Å². The van der Waals surface area contributed by atoms with Crippen LogP contribution in [0.4, 0.5) is 0 Å². The molecule has 1 N–H and O–H groups in total. The Morgan fingerprint density at radius 3 is 2.86 bits per heavy atom. The van der Waals surface area contributed by atoms with Gasteiger partial charge in [-0.15, -0.1) is 0 Å². The van der Waals surface area contributed by atoms with Gasteiger partial charge in [-0.3, -0.25) is 4.98 Å². The molecular formula is C17H29N3O. The molecule has 0 saturated heterocycles. The zero-order valence-corrected chi connectivity index (χ0v) is 13.9. The van der Waals surface area contributed by atoms with Crippen molar-refractivity contribution in [3.8, 4) is 5.75 Å². The summed E-state index contributed by atoms with van der Waals surface area (Å²) >= 11 is 0. The van der Waals surface area contributed by atoms with E-state index in [9.17, 15) is 0 Å². The van der Waals surface area contributed by atoms with E-state index in [0.29, 0.717) is 5.92 Å². The Balaban J connectivity index is 1.84. The minimum Gasteiger partial charge on any atom is -0.492 e. The number of pyridine rings is 1. The molecule has 1 aliphatic carbocycles. The average Bonchev–Trinajstić information content (AvgIpc) is 3.25. The van der Waals surface area contributed by atoms with Crippen LogP contribution in [0.15, 0.2) is 12.3 Å². The lowest BCUT2D eigenvalue weighted by molar-refractivity contribution is 0.230. The van der Waals surface area contributed by atoms with Crippen LogP contribution in [-0.4, -0.2) is 42.7 Å². The van der Waals surface area contributed by atoms with Gasteiger partial charge in [-0.1, -0.05) is 13.8 Å². The van der Waals surface area contributed by atoms with Gasteiger partial charge in [0, 0.05) is 42.7 Å². The van der Waals surface area contributed by atoms with Gasteiger partial charge < -0.3 is 15.0 Å². The monoisotopic (exact) mass is 291 g/mol. The molecule has 2 rings (SSSR count). The van der Waals surface area contributed by atoms with Gasteiger partial charge in [-0.2, -0.15) is 0 Å². The minimum atomic E-state index is 0.653. The SMILES string of the molecule is Cc1cc(OCCN(C)C2CC2)c(CNCC(C)C)cn1. The fourth-order valence-electron chi connectivity index (χ4n) is 2.32. The minimum absolute atomic E-state index is 0.653. The topological polar surface area (TPSA) is 37.4 Å². The summed E-state index contributed by atoms with van der Waals surface area (Å²) in [5.41, 5.74) is 2.16. The van der Waals surface area contributed by atoms with Crippen LogP contribution >= 0.6 is 0 Å². The normalized spacial score (nSPS) is 15.0. The molecule has 0 atom stereocenters. The van der Waals surface area contributed by atoms with Crippen molar-refractivity contribution in [3.63, 3.8) is 0 Å². The number of nitrogens with zero attached hydrogens (tertiary/aromatic N) is 2. The highest BCUT2D eigenvalue weighted by Crippen LogP contribution is 2.25. The van der Waals surface area contributed by atoms with E-state index < -0.39 is 0 Å². The summed E-state index contributed by atoms with van der Waals surface area (Å²) in [6.07, 6.45) is 4.62. The predicted molar refractivity (Wildman–Crippen MR) is 86.7 cm³/mol. The Morgan fingerprint density at radius 1 is 1.43 bits per heavy atom. The van der Waals surface area contributed by atoms with Crippen LogP contribution in [0.2, 0.25) is 0 Å². The fourth-order valence-corrected chi connectivity index (χ4v) is 2.32. The summed E-state index contributed by atoms with van der Waals surface area (Å²) in [6.45, 7) is 10.0. The van der Waals surface area contributed by atoms with Crippen LogP contribution < -0.4 is 10.1 Å². The van der Waals surface area contributed by atoms with E-state index >= 15 is 0 Å². The third-order valence-electron chi connectivity index (χ3n) is 3.82. The molecule has 1 fully saturated rings. The van der Waals surface area contributed by atoms with E-state index in [2.05, 4.69) is 36.1 Å². The molecule has 1 saturated carbocycles. The van der Waals surface area contributed by atoms with Gasteiger partial charge in [-0.05, 0) is 39.3 Å². The van der Waals surface area contributed by atoms with Gasteiger partial charge in [0.15, 0.2) is 0 Å². The summed E-state index contributed by atoms with van der Waals surface area (Å²) in [7, 11) is 2.18. The van der Waals surface area contributed by atoms with E-state index in [1.165, 1.54) is 12.8 Å². The number of aromatic nitrogens is 1. The van der Waals surface area contributed by atoms with Gasteiger partial charge >= 0.3 is 0 Å². The van der Waals surface area contributed by atoms with Gasteiger partial charge in [0.1, 0.15) is 12.4 Å². The molecule has 0 unspecified atom stereocenters. The van der Waals surface area contributed by atoms with Gasteiger partial charge in [0.25, 0.3) is 0 Å². The van der Waals surface area contributed by atoms with E-state index in [-0.39, 0.29) is 0 Å². The highest BCUT2D eigenvalue weighted by Gasteiger charge is 2.25. The number of hydrogen-bond acceptors (Lipinski definition) is 4. The average molecular weight is 291 g/mol. The lowest BCUT2D eigenvalue weighted by Crippen LogP contribution is -2.26. The lowest BCUT2D eigenvalue weighted by atomic mass is 10.2. The molecule has 1 aliphatic rings. The molecule has 21 heavy (non-hydrogen) atoms. The van der Waals surface area contributed by atoms with E-state index in [0.717, 1.165) is 49.3 Å². The van der Waals surface area contributed by atoms with Crippen molar-refractivity contribution in [3.05, 3.63) is 23.5 Å². The van der Waals surface area contributed by atoms with E-state index in [4.69, 9.17) is 4.74 Å². The zero-order chi connectivity index (χ0) is 15.2. The number of nitrogens with one attached hydrogen (secondary N) is 1. The molecule has 1 aromatic rings. The number of hydrogen-bond donors (Lipinski definition) is 1. The molecule has 0 aromatic carbocycles. The van der Waals surface area contributed by atoms with Crippen molar-refractivity contribution < 1.29 is 4.74 Å². The Morgan fingerprint density at radius 2 is 2.19 bits per heavy atom. The number of ether oxygens (including phenoxy) is 1. The smallest absolute Gasteiger partial charge is 0.127 e. The molecule has 0 aliphatic heterocycles.